The minimum atomic E-state index is -5.73. The van der Waals surface area contributed by atoms with E-state index in [0.29, 0.717) is 12.8 Å². The van der Waals surface area contributed by atoms with E-state index < -0.39 is 30.3 Å². The zero-order valence-corrected chi connectivity index (χ0v) is 15.6. The molecule has 2 aliphatic rings. The van der Waals surface area contributed by atoms with Crippen molar-refractivity contribution < 1.29 is 31.4 Å². The summed E-state index contributed by atoms with van der Waals surface area (Å²) in [5.74, 6) is -0.187. The van der Waals surface area contributed by atoms with E-state index in [1.54, 1.807) is 0 Å². The van der Waals surface area contributed by atoms with E-state index >= 15 is 0 Å². The number of aliphatic hydroxyl groups is 1. The quantitative estimate of drug-likeness (QED) is 0.457. The number of hydrogen-bond acceptors (Lipinski definition) is 1. The molecule has 5 atom stereocenters. The first-order valence-corrected chi connectivity index (χ1v) is 9.00. The van der Waals surface area contributed by atoms with Crippen molar-refractivity contribution >= 4 is 0 Å². The van der Waals surface area contributed by atoms with Gasteiger partial charge in [0.25, 0.3) is 5.60 Å². The van der Waals surface area contributed by atoms with Gasteiger partial charge in [-0.3, -0.25) is 0 Å². The number of alkyl halides is 6. The van der Waals surface area contributed by atoms with E-state index in [2.05, 4.69) is 27.4 Å². The van der Waals surface area contributed by atoms with Crippen molar-refractivity contribution in [2.75, 3.05) is 0 Å². The summed E-state index contributed by atoms with van der Waals surface area (Å²) in [4.78, 5) is 0. The molecular weight excluding hydrogens is 358 g/mol. The molecule has 2 fully saturated rings. The smallest absolute Gasteiger partial charge is 0.374 e. The topological polar surface area (TPSA) is 20.2 Å². The van der Waals surface area contributed by atoms with Gasteiger partial charge in [0.05, 0.1) is 0 Å². The molecule has 152 valence electrons. The average Bonchev–Trinajstić information content (AvgIpc) is 2.90. The molecule has 0 amide bonds. The van der Waals surface area contributed by atoms with Crippen molar-refractivity contribution in [3.8, 4) is 0 Å². The monoisotopic (exact) mass is 386 g/mol. The summed E-state index contributed by atoms with van der Waals surface area (Å²) in [6.45, 7) is 12.2. The lowest BCUT2D eigenvalue weighted by Crippen LogP contribution is -2.57. The van der Waals surface area contributed by atoms with Crippen molar-refractivity contribution in [3.63, 3.8) is 0 Å². The average molecular weight is 386 g/mol. The van der Waals surface area contributed by atoms with Crippen molar-refractivity contribution in [1.29, 1.82) is 0 Å². The van der Waals surface area contributed by atoms with Crippen molar-refractivity contribution in [2.45, 2.75) is 71.3 Å². The van der Waals surface area contributed by atoms with Crippen LogP contribution in [0, 0.1) is 35.0 Å². The van der Waals surface area contributed by atoms with Gasteiger partial charge in [0, 0.05) is 0 Å². The Morgan fingerprint density at radius 1 is 0.962 bits per heavy atom. The molecule has 2 rings (SSSR count). The lowest BCUT2D eigenvalue weighted by Gasteiger charge is -2.38. The van der Waals surface area contributed by atoms with E-state index in [1.165, 1.54) is 0 Å². The summed E-state index contributed by atoms with van der Waals surface area (Å²) in [6.07, 6.45) is -11.4. The predicted octanol–water partition coefficient (Wildman–Crippen LogP) is 6.13. The molecular formula is C19H28F6O. The van der Waals surface area contributed by atoms with Crippen LogP contribution in [0.25, 0.3) is 0 Å². The van der Waals surface area contributed by atoms with Crippen LogP contribution in [0.1, 0.15) is 53.4 Å². The van der Waals surface area contributed by atoms with E-state index in [1.807, 2.05) is 6.92 Å². The highest BCUT2D eigenvalue weighted by Gasteiger charge is 2.71. The Bertz CT molecular complexity index is 528. The molecule has 0 aromatic carbocycles. The standard InChI is InChI=1S/C19H28F6O/c1-10(2)13-8-12-6-11(7-14(12)15(13)16(3,4)5)9-17(26,18(20,21)22)19(23,24)25/h11-15,26H,1,6-9H2,2-5H3. The molecule has 0 aromatic rings. The number of fused-ring (bicyclic) bond motifs is 1. The van der Waals surface area contributed by atoms with Gasteiger partial charge in [0.2, 0.25) is 0 Å². The van der Waals surface area contributed by atoms with Gasteiger partial charge in [-0.15, -0.1) is 0 Å². The molecule has 2 aliphatic carbocycles. The lowest BCUT2D eigenvalue weighted by atomic mass is 9.68. The van der Waals surface area contributed by atoms with E-state index in [-0.39, 0.29) is 29.1 Å². The van der Waals surface area contributed by atoms with Crippen LogP contribution in [-0.2, 0) is 0 Å². The summed E-state index contributed by atoms with van der Waals surface area (Å²) in [5.41, 5.74) is -3.71. The zero-order valence-electron chi connectivity index (χ0n) is 15.6. The number of hydrogen-bond donors (Lipinski definition) is 1. The van der Waals surface area contributed by atoms with Gasteiger partial charge >= 0.3 is 12.4 Å². The molecule has 5 unspecified atom stereocenters. The highest BCUT2D eigenvalue weighted by Crippen LogP contribution is 2.61. The van der Waals surface area contributed by atoms with Crippen LogP contribution in [0.15, 0.2) is 12.2 Å². The molecule has 26 heavy (non-hydrogen) atoms. The fraction of sp³-hybridized carbons (Fsp3) is 0.895. The molecule has 0 aliphatic heterocycles. The van der Waals surface area contributed by atoms with Gasteiger partial charge in [-0.1, -0.05) is 32.9 Å². The van der Waals surface area contributed by atoms with Gasteiger partial charge in [-0.05, 0) is 67.6 Å². The van der Waals surface area contributed by atoms with Crippen LogP contribution in [0.4, 0.5) is 26.3 Å². The maximum atomic E-state index is 13.0. The molecule has 0 aromatic heterocycles. The zero-order chi connectivity index (χ0) is 20.3. The van der Waals surface area contributed by atoms with E-state index in [0.717, 1.165) is 12.0 Å². The van der Waals surface area contributed by atoms with Crippen molar-refractivity contribution in [2.24, 2.45) is 35.0 Å². The molecule has 1 N–H and O–H groups in total. The number of halogens is 6. The Balaban J connectivity index is 2.22. The minimum absolute atomic E-state index is 0.0763. The van der Waals surface area contributed by atoms with Crippen LogP contribution in [0.5, 0.6) is 0 Å². The largest absolute Gasteiger partial charge is 0.426 e. The molecule has 0 saturated heterocycles. The maximum absolute atomic E-state index is 13.0. The second-order valence-electron chi connectivity index (χ2n) is 9.40. The lowest BCUT2D eigenvalue weighted by molar-refractivity contribution is -0.372. The Labute approximate surface area is 150 Å². The summed E-state index contributed by atoms with van der Waals surface area (Å²) in [7, 11) is 0. The first kappa shape index (κ1) is 21.6. The van der Waals surface area contributed by atoms with Gasteiger partial charge in [-0.25, -0.2) is 0 Å². The second-order valence-corrected chi connectivity index (χ2v) is 9.40. The van der Waals surface area contributed by atoms with Gasteiger partial charge < -0.3 is 5.11 Å². The van der Waals surface area contributed by atoms with Crippen molar-refractivity contribution in [1.82, 2.24) is 0 Å². The summed E-state index contributed by atoms with van der Waals surface area (Å²) in [6, 6.07) is 0. The van der Waals surface area contributed by atoms with Crippen LogP contribution >= 0.6 is 0 Å². The second kappa shape index (κ2) is 6.42. The summed E-state index contributed by atoms with van der Waals surface area (Å²) >= 11 is 0. The Hall–Kier alpha value is -0.720. The van der Waals surface area contributed by atoms with Crippen LogP contribution in [0.2, 0.25) is 0 Å². The van der Waals surface area contributed by atoms with Gasteiger partial charge in [-0.2, -0.15) is 26.3 Å². The third-order valence-electron chi connectivity index (χ3n) is 6.45. The third-order valence-corrected chi connectivity index (χ3v) is 6.45. The highest BCUT2D eigenvalue weighted by molar-refractivity contribution is 5.11. The minimum Gasteiger partial charge on any atom is -0.374 e. The molecule has 7 heteroatoms. The van der Waals surface area contributed by atoms with E-state index in [4.69, 9.17) is 0 Å². The van der Waals surface area contributed by atoms with Crippen LogP contribution in [0.3, 0.4) is 0 Å². The molecule has 2 saturated carbocycles. The Kier molecular flexibility index (Phi) is 5.33. The van der Waals surface area contributed by atoms with E-state index in [9.17, 15) is 31.4 Å². The summed E-state index contributed by atoms with van der Waals surface area (Å²) < 4.78 is 78.0. The van der Waals surface area contributed by atoms with Gasteiger partial charge in [0.1, 0.15) is 0 Å². The highest BCUT2D eigenvalue weighted by atomic mass is 19.4. The fourth-order valence-electron chi connectivity index (χ4n) is 5.49. The number of allylic oxidation sites excluding steroid dienone is 1. The number of rotatable bonds is 3. The molecule has 0 spiro atoms. The van der Waals surface area contributed by atoms with Crippen molar-refractivity contribution in [3.05, 3.63) is 12.2 Å². The first-order chi connectivity index (χ1) is 11.5. The SMILES string of the molecule is C=C(C)C1CC2CC(CC(O)(C(F)(F)F)C(F)(F)F)CC2C1C(C)(C)C. The van der Waals surface area contributed by atoms with Crippen LogP contribution in [-0.4, -0.2) is 23.1 Å². The fourth-order valence-corrected chi connectivity index (χ4v) is 5.49. The summed E-state index contributed by atoms with van der Waals surface area (Å²) in [5, 5.41) is 9.51. The van der Waals surface area contributed by atoms with Crippen LogP contribution < -0.4 is 0 Å². The molecule has 1 nitrogen and oxygen atoms in total. The van der Waals surface area contributed by atoms with Gasteiger partial charge in [0.15, 0.2) is 0 Å². The molecule has 0 heterocycles. The Morgan fingerprint density at radius 2 is 1.46 bits per heavy atom. The first-order valence-electron chi connectivity index (χ1n) is 9.00. The molecule has 0 radical (unpaired) electrons. The predicted molar refractivity (Wildman–Crippen MR) is 87.2 cm³/mol. The molecule has 0 bridgehead atoms. The third kappa shape index (κ3) is 3.65. The maximum Gasteiger partial charge on any atom is 0.426 e. The normalized spacial score (nSPS) is 33.4. The Morgan fingerprint density at radius 3 is 1.85 bits per heavy atom.